The molecule has 1 aromatic carbocycles. The lowest BCUT2D eigenvalue weighted by Gasteiger charge is -2.05. The number of rotatable bonds is 5. The molecule has 4 nitrogen and oxygen atoms in total. The summed E-state index contributed by atoms with van der Waals surface area (Å²) in [4.78, 5) is 16.1. The molecular weight excluding hydrogens is 262 g/mol. The van der Waals surface area contributed by atoms with Gasteiger partial charge in [-0.25, -0.2) is 9.78 Å². The molecule has 1 aromatic heterocycles. The van der Waals surface area contributed by atoms with Gasteiger partial charge in [0.1, 0.15) is 5.03 Å². The Labute approximate surface area is 115 Å². The molecule has 0 saturated carbocycles. The van der Waals surface area contributed by atoms with E-state index in [-0.39, 0.29) is 5.56 Å². The molecule has 0 aliphatic carbocycles. The van der Waals surface area contributed by atoms with Crippen LogP contribution in [0.1, 0.15) is 17.3 Å². The third-order valence-corrected chi connectivity index (χ3v) is 3.22. The molecule has 2 rings (SSSR count). The zero-order chi connectivity index (χ0) is 13.7. The Morgan fingerprint density at radius 3 is 2.84 bits per heavy atom. The largest absolute Gasteiger partial charge is 0.478 e. The van der Waals surface area contributed by atoms with Crippen molar-refractivity contribution in [1.29, 1.82) is 0 Å². The Balaban J connectivity index is 2.18. The lowest BCUT2D eigenvalue weighted by atomic mass is 10.2. The van der Waals surface area contributed by atoms with Crippen LogP contribution < -0.4 is 4.74 Å². The molecule has 0 atom stereocenters. The second-order valence-corrected chi connectivity index (χ2v) is 4.78. The maximum absolute atomic E-state index is 10.9. The van der Waals surface area contributed by atoms with Gasteiger partial charge in [-0.1, -0.05) is 23.9 Å². The molecule has 0 spiro atoms. The first-order valence-corrected chi connectivity index (χ1v) is 6.61. The van der Waals surface area contributed by atoms with Crippen molar-refractivity contribution in [3.05, 3.63) is 48.0 Å². The van der Waals surface area contributed by atoms with Gasteiger partial charge in [0.15, 0.2) is 0 Å². The van der Waals surface area contributed by atoms with Crippen molar-refractivity contribution < 1.29 is 14.6 Å². The van der Waals surface area contributed by atoms with Crippen LogP contribution in [0, 0.1) is 0 Å². The second-order valence-electron chi connectivity index (χ2n) is 3.68. The van der Waals surface area contributed by atoms with Crippen molar-refractivity contribution in [2.45, 2.75) is 16.8 Å². The number of ether oxygens (including phenoxy) is 1. The summed E-state index contributed by atoms with van der Waals surface area (Å²) in [5, 5.41) is 9.72. The molecule has 2 aromatic rings. The fourth-order valence-corrected chi connectivity index (χ4v) is 2.35. The highest BCUT2D eigenvalue weighted by molar-refractivity contribution is 7.99. The number of carboxylic acids is 1. The molecule has 0 fully saturated rings. The molecule has 0 aliphatic rings. The van der Waals surface area contributed by atoms with Crippen LogP contribution in [0.2, 0.25) is 0 Å². The normalized spacial score (nSPS) is 10.2. The highest BCUT2D eigenvalue weighted by Gasteiger charge is 2.05. The monoisotopic (exact) mass is 275 g/mol. The molecule has 1 heterocycles. The molecule has 5 heteroatoms. The summed E-state index contributed by atoms with van der Waals surface area (Å²) in [6, 6.07) is 12.3. The predicted octanol–water partition coefficient (Wildman–Crippen LogP) is 3.33. The van der Waals surface area contributed by atoms with Gasteiger partial charge >= 0.3 is 5.97 Å². The Morgan fingerprint density at radius 2 is 2.11 bits per heavy atom. The Morgan fingerprint density at radius 1 is 1.32 bits per heavy atom. The molecule has 0 saturated heterocycles. The fraction of sp³-hybridized carbons (Fsp3) is 0.143. The molecular formula is C14H13NO3S. The van der Waals surface area contributed by atoms with Gasteiger partial charge in [-0.05, 0) is 31.2 Å². The van der Waals surface area contributed by atoms with Crippen LogP contribution in [0.15, 0.2) is 52.4 Å². The van der Waals surface area contributed by atoms with E-state index < -0.39 is 5.97 Å². The van der Waals surface area contributed by atoms with Gasteiger partial charge in [-0.3, -0.25) is 0 Å². The van der Waals surface area contributed by atoms with E-state index in [1.807, 2.05) is 25.1 Å². The van der Waals surface area contributed by atoms with Gasteiger partial charge < -0.3 is 9.84 Å². The van der Waals surface area contributed by atoms with E-state index in [9.17, 15) is 4.79 Å². The highest BCUT2D eigenvalue weighted by Crippen LogP contribution is 2.27. The minimum absolute atomic E-state index is 0.269. The lowest BCUT2D eigenvalue weighted by molar-refractivity contribution is 0.0696. The number of pyridine rings is 1. The standard InChI is InChI=1S/C14H13NO3S/c1-2-18-12-7-4-8-13(15-12)19-11-6-3-5-10(9-11)14(16)17/h3-9H,2H2,1H3,(H,16,17). The molecule has 19 heavy (non-hydrogen) atoms. The van der Waals surface area contributed by atoms with Crippen LogP contribution >= 0.6 is 11.8 Å². The molecule has 0 unspecified atom stereocenters. The summed E-state index contributed by atoms with van der Waals surface area (Å²) < 4.78 is 5.33. The first-order valence-electron chi connectivity index (χ1n) is 5.80. The Hall–Kier alpha value is -2.01. The molecule has 0 bridgehead atoms. The summed E-state index contributed by atoms with van der Waals surface area (Å²) in [5.74, 6) is -0.361. The van der Waals surface area contributed by atoms with E-state index in [0.717, 1.165) is 9.92 Å². The summed E-state index contributed by atoms with van der Waals surface area (Å²) in [6.45, 7) is 2.47. The van der Waals surface area contributed by atoms with E-state index in [1.54, 1.807) is 24.3 Å². The molecule has 0 radical (unpaired) electrons. The highest BCUT2D eigenvalue weighted by atomic mass is 32.2. The van der Waals surface area contributed by atoms with Crippen molar-refractivity contribution in [2.75, 3.05) is 6.61 Å². The van der Waals surface area contributed by atoms with Crippen LogP contribution in [0.5, 0.6) is 5.88 Å². The van der Waals surface area contributed by atoms with Crippen LogP contribution in [0.3, 0.4) is 0 Å². The van der Waals surface area contributed by atoms with E-state index in [2.05, 4.69) is 4.98 Å². The Bertz CT molecular complexity index is 586. The number of carboxylic acid groups (broad SMARTS) is 1. The van der Waals surface area contributed by atoms with E-state index in [1.165, 1.54) is 11.8 Å². The first kappa shape index (κ1) is 13.4. The van der Waals surface area contributed by atoms with Crippen LogP contribution in [-0.2, 0) is 0 Å². The van der Waals surface area contributed by atoms with E-state index in [4.69, 9.17) is 9.84 Å². The zero-order valence-electron chi connectivity index (χ0n) is 10.4. The average molecular weight is 275 g/mol. The molecule has 98 valence electrons. The van der Waals surface area contributed by atoms with E-state index >= 15 is 0 Å². The van der Waals surface area contributed by atoms with E-state index in [0.29, 0.717) is 12.5 Å². The maximum Gasteiger partial charge on any atom is 0.335 e. The third-order valence-electron chi connectivity index (χ3n) is 2.29. The number of hydrogen-bond donors (Lipinski definition) is 1. The minimum Gasteiger partial charge on any atom is -0.478 e. The van der Waals surface area contributed by atoms with Crippen LogP contribution in [-0.4, -0.2) is 22.7 Å². The minimum atomic E-state index is -0.932. The SMILES string of the molecule is CCOc1cccc(Sc2cccc(C(=O)O)c2)n1. The second kappa shape index (κ2) is 6.24. The van der Waals surface area contributed by atoms with Gasteiger partial charge in [0, 0.05) is 11.0 Å². The summed E-state index contributed by atoms with van der Waals surface area (Å²) in [5.41, 5.74) is 0.269. The zero-order valence-corrected chi connectivity index (χ0v) is 11.2. The molecule has 0 amide bonds. The maximum atomic E-state index is 10.9. The number of hydrogen-bond acceptors (Lipinski definition) is 4. The van der Waals surface area contributed by atoms with Crippen molar-refractivity contribution in [2.24, 2.45) is 0 Å². The van der Waals surface area contributed by atoms with Crippen molar-refractivity contribution in [3.8, 4) is 5.88 Å². The number of nitrogens with zero attached hydrogens (tertiary/aromatic N) is 1. The van der Waals surface area contributed by atoms with Crippen molar-refractivity contribution >= 4 is 17.7 Å². The number of aromatic nitrogens is 1. The molecule has 0 aliphatic heterocycles. The summed E-state index contributed by atoms with van der Waals surface area (Å²) in [7, 11) is 0. The number of benzene rings is 1. The summed E-state index contributed by atoms with van der Waals surface area (Å²) in [6.07, 6.45) is 0. The smallest absolute Gasteiger partial charge is 0.335 e. The first-order chi connectivity index (χ1) is 9.19. The predicted molar refractivity (Wildman–Crippen MR) is 72.9 cm³/mol. The van der Waals surface area contributed by atoms with Crippen molar-refractivity contribution in [1.82, 2.24) is 4.98 Å². The number of aromatic carboxylic acids is 1. The van der Waals surface area contributed by atoms with Gasteiger partial charge in [0.05, 0.1) is 12.2 Å². The van der Waals surface area contributed by atoms with Gasteiger partial charge in [0.25, 0.3) is 0 Å². The quantitative estimate of drug-likeness (QED) is 0.907. The van der Waals surface area contributed by atoms with Crippen LogP contribution in [0.25, 0.3) is 0 Å². The van der Waals surface area contributed by atoms with Gasteiger partial charge in [-0.2, -0.15) is 0 Å². The average Bonchev–Trinajstić information content (AvgIpc) is 2.40. The molecule has 1 N–H and O–H groups in total. The Kier molecular flexibility index (Phi) is 4.41. The topological polar surface area (TPSA) is 59.4 Å². The third kappa shape index (κ3) is 3.72. The summed E-state index contributed by atoms with van der Waals surface area (Å²) >= 11 is 1.40. The lowest BCUT2D eigenvalue weighted by Crippen LogP contribution is -1.96. The number of carbonyl (C=O) groups is 1. The van der Waals surface area contributed by atoms with Gasteiger partial charge in [0.2, 0.25) is 5.88 Å². The van der Waals surface area contributed by atoms with Gasteiger partial charge in [-0.15, -0.1) is 0 Å². The fourth-order valence-electron chi connectivity index (χ4n) is 1.49. The van der Waals surface area contributed by atoms with Crippen molar-refractivity contribution in [3.63, 3.8) is 0 Å². The van der Waals surface area contributed by atoms with Crippen LogP contribution in [0.4, 0.5) is 0 Å².